The first-order valence-electron chi connectivity index (χ1n) is 11.2. The highest BCUT2D eigenvalue weighted by Gasteiger charge is 2.22. The molecule has 0 spiro atoms. The molecule has 35 heavy (non-hydrogen) atoms. The molecule has 0 atom stereocenters. The number of nitrogens with one attached hydrogen (secondary N) is 3. The van der Waals surface area contributed by atoms with Gasteiger partial charge < -0.3 is 10.6 Å². The zero-order valence-corrected chi connectivity index (χ0v) is 21.4. The van der Waals surface area contributed by atoms with Gasteiger partial charge in [0, 0.05) is 12.1 Å². The van der Waals surface area contributed by atoms with Crippen LogP contribution in [-0.4, -0.2) is 26.8 Å². The van der Waals surface area contributed by atoms with Crippen molar-refractivity contribution in [2.75, 3.05) is 16.6 Å². The van der Waals surface area contributed by atoms with Crippen LogP contribution in [0.5, 0.6) is 0 Å². The van der Waals surface area contributed by atoms with E-state index in [1.165, 1.54) is 18.2 Å². The summed E-state index contributed by atoms with van der Waals surface area (Å²) in [5.41, 5.74) is 2.79. The van der Waals surface area contributed by atoms with Crippen molar-refractivity contribution >= 4 is 44.8 Å². The molecule has 3 rings (SSSR count). The van der Waals surface area contributed by atoms with Crippen molar-refractivity contribution in [2.24, 2.45) is 0 Å². The van der Waals surface area contributed by atoms with Gasteiger partial charge in [0.25, 0.3) is 21.8 Å². The minimum absolute atomic E-state index is 0.0185. The van der Waals surface area contributed by atoms with Gasteiger partial charge in [-0.3, -0.25) is 14.3 Å². The van der Waals surface area contributed by atoms with Gasteiger partial charge in [-0.1, -0.05) is 49.2 Å². The van der Waals surface area contributed by atoms with Crippen molar-refractivity contribution in [3.05, 3.63) is 87.9 Å². The quantitative estimate of drug-likeness (QED) is 0.327. The molecule has 0 aromatic heterocycles. The van der Waals surface area contributed by atoms with Gasteiger partial charge in [0.15, 0.2) is 0 Å². The summed E-state index contributed by atoms with van der Waals surface area (Å²) in [7, 11) is -4.07. The number of benzene rings is 3. The molecule has 7 nitrogen and oxygen atoms in total. The summed E-state index contributed by atoms with van der Waals surface area (Å²) in [6, 6.07) is 16.1. The second-order valence-corrected chi connectivity index (χ2v) is 10.2. The maximum atomic E-state index is 13.1. The summed E-state index contributed by atoms with van der Waals surface area (Å²) in [6.45, 7) is 6.21. The van der Waals surface area contributed by atoms with Crippen molar-refractivity contribution in [1.29, 1.82) is 0 Å². The number of para-hydroxylation sites is 1. The summed E-state index contributed by atoms with van der Waals surface area (Å²) in [5.74, 6) is -0.870. The molecule has 0 heterocycles. The molecular formula is C26H28ClN3O4S. The molecule has 0 bridgehead atoms. The fraction of sp³-hybridized carbons (Fsp3) is 0.231. The molecule has 184 valence electrons. The maximum Gasteiger partial charge on any atom is 0.263 e. The highest BCUT2D eigenvalue weighted by molar-refractivity contribution is 7.92. The van der Waals surface area contributed by atoms with Crippen LogP contribution in [0.15, 0.2) is 65.6 Å². The van der Waals surface area contributed by atoms with Crippen molar-refractivity contribution < 1.29 is 18.0 Å². The van der Waals surface area contributed by atoms with Crippen LogP contribution in [0.1, 0.15) is 51.6 Å². The van der Waals surface area contributed by atoms with Crippen LogP contribution in [-0.2, 0) is 10.0 Å². The van der Waals surface area contributed by atoms with E-state index in [2.05, 4.69) is 15.4 Å². The van der Waals surface area contributed by atoms with E-state index in [-0.39, 0.29) is 21.4 Å². The number of aryl methyl sites for hydroxylation is 2. The maximum absolute atomic E-state index is 13.1. The van der Waals surface area contributed by atoms with Crippen LogP contribution in [0.4, 0.5) is 11.4 Å². The van der Waals surface area contributed by atoms with E-state index >= 15 is 0 Å². The van der Waals surface area contributed by atoms with Gasteiger partial charge in [-0.15, -0.1) is 0 Å². The zero-order chi connectivity index (χ0) is 25.6. The summed E-state index contributed by atoms with van der Waals surface area (Å²) < 4.78 is 28.8. The Morgan fingerprint density at radius 2 is 1.66 bits per heavy atom. The average molecular weight is 514 g/mol. The monoisotopic (exact) mass is 513 g/mol. The molecule has 9 heteroatoms. The Kier molecular flexibility index (Phi) is 8.53. The first-order valence-corrected chi connectivity index (χ1v) is 13.1. The van der Waals surface area contributed by atoms with Crippen LogP contribution in [0.2, 0.25) is 5.02 Å². The second kappa shape index (κ2) is 11.4. The Labute approximate surface area is 211 Å². The fourth-order valence-corrected chi connectivity index (χ4v) is 5.00. The van der Waals surface area contributed by atoms with E-state index in [4.69, 9.17) is 11.6 Å². The largest absolute Gasteiger partial charge is 0.352 e. The summed E-state index contributed by atoms with van der Waals surface area (Å²) in [6.07, 6.45) is 1.79. The van der Waals surface area contributed by atoms with E-state index < -0.39 is 15.9 Å². The first-order chi connectivity index (χ1) is 16.6. The molecule has 2 amide bonds. The number of anilines is 2. The van der Waals surface area contributed by atoms with E-state index in [9.17, 15) is 18.0 Å². The molecular weight excluding hydrogens is 486 g/mol. The molecule has 0 aliphatic rings. The Morgan fingerprint density at radius 1 is 0.914 bits per heavy atom. The highest BCUT2D eigenvalue weighted by atomic mass is 35.5. The lowest BCUT2D eigenvalue weighted by Crippen LogP contribution is -2.26. The third-order valence-corrected chi connectivity index (χ3v) is 7.20. The fourth-order valence-electron chi connectivity index (χ4n) is 3.35. The van der Waals surface area contributed by atoms with Crippen LogP contribution in [0, 0.1) is 13.8 Å². The van der Waals surface area contributed by atoms with E-state index in [1.807, 2.05) is 26.0 Å². The third-order valence-electron chi connectivity index (χ3n) is 5.36. The molecule has 0 aliphatic carbocycles. The Hall–Kier alpha value is -3.36. The lowest BCUT2D eigenvalue weighted by atomic mass is 10.1. The summed E-state index contributed by atoms with van der Waals surface area (Å²) >= 11 is 6.21. The number of unbranched alkanes of at least 4 members (excludes halogenated alkanes) is 1. The standard InChI is InChI=1S/C26H28ClN3O4S/c1-4-5-14-28-26(32)20-8-6-7-9-22(20)29-25(31)19-12-13-21(27)24(16-19)35(33,34)30-23-15-17(2)10-11-18(23)3/h6-13,15-16,30H,4-5,14H2,1-3H3,(H,28,32)(H,29,31). The Bertz CT molecular complexity index is 1360. The molecule has 0 unspecified atom stereocenters. The highest BCUT2D eigenvalue weighted by Crippen LogP contribution is 2.27. The second-order valence-electron chi connectivity index (χ2n) is 8.18. The molecule has 0 saturated heterocycles. The van der Waals surface area contributed by atoms with Crippen LogP contribution >= 0.6 is 11.6 Å². The van der Waals surface area contributed by atoms with Crippen molar-refractivity contribution in [3.63, 3.8) is 0 Å². The number of rotatable bonds is 9. The Morgan fingerprint density at radius 3 is 2.40 bits per heavy atom. The molecule has 0 aliphatic heterocycles. The smallest absolute Gasteiger partial charge is 0.263 e. The molecule has 0 saturated carbocycles. The predicted molar refractivity (Wildman–Crippen MR) is 140 cm³/mol. The van der Waals surface area contributed by atoms with Gasteiger partial charge in [0.1, 0.15) is 4.90 Å². The van der Waals surface area contributed by atoms with Gasteiger partial charge in [0.2, 0.25) is 0 Å². The van der Waals surface area contributed by atoms with Crippen molar-refractivity contribution in [3.8, 4) is 0 Å². The lowest BCUT2D eigenvalue weighted by Gasteiger charge is -2.14. The minimum atomic E-state index is -4.07. The van der Waals surface area contributed by atoms with Gasteiger partial charge in [-0.25, -0.2) is 8.42 Å². The first kappa shape index (κ1) is 26.2. The molecule has 0 fully saturated rings. The number of carbonyl (C=O) groups excluding carboxylic acids is 2. The van der Waals surface area contributed by atoms with E-state index in [0.29, 0.717) is 23.5 Å². The van der Waals surface area contributed by atoms with Gasteiger partial charge in [-0.2, -0.15) is 0 Å². The van der Waals surface area contributed by atoms with Gasteiger partial charge >= 0.3 is 0 Å². The number of hydrogen-bond acceptors (Lipinski definition) is 4. The van der Waals surface area contributed by atoms with Crippen LogP contribution < -0.4 is 15.4 Å². The van der Waals surface area contributed by atoms with E-state index in [0.717, 1.165) is 24.0 Å². The van der Waals surface area contributed by atoms with Crippen LogP contribution in [0.25, 0.3) is 0 Å². The normalized spacial score (nSPS) is 11.1. The van der Waals surface area contributed by atoms with Crippen molar-refractivity contribution in [2.45, 2.75) is 38.5 Å². The molecule has 3 N–H and O–H groups in total. The summed E-state index contributed by atoms with van der Waals surface area (Å²) in [5, 5.41) is 5.51. The summed E-state index contributed by atoms with van der Waals surface area (Å²) in [4.78, 5) is 25.3. The topological polar surface area (TPSA) is 104 Å². The zero-order valence-electron chi connectivity index (χ0n) is 19.8. The number of amides is 2. The lowest BCUT2D eigenvalue weighted by molar-refractivity contribution is 0.0954. The number of hydrogen-bond donors (Lipinski definition) is 3. The van der Waals surface area contributed by atoms with Gasteiger partial charge in [-0.05, 0) is 67.8 Å². The number of sulfonamides is 1. The number of halogens is 1. The van der Waals surface area contributed by atoms with Crippen molar-refractivity contribution in [1.82, 2.24) is 5.32 Å². The van der Waals surface area contributed by atoms with E-state index in [1.54, 1.807) is 37.3 Å². The molecule has 3 aromatic rings. The molecule has 3 aromatic carbocycles. The molecule has 0 radical (unpaired) electrons. The van der Waals surface area contributed by atoms with Crippen LogP contribution in [0.3, 0.4) is 0 Å². The number of carbonyl (C=O) groups is 2. The van der Waals surface area contributed by atoms with Gasteiger partial charge in [0.05, 0.1) is 22.0 Å². The minimum Gasteiger partial charge on any atom is -0.352 e. The predicted octanol–water partition coefficient (Wildman–Crippen LogP) is 5.54. The SMILES string of the molecule is CCCCNC(=O)c1ccccc1NC(=O)c1ccc(Cl)c(S(=O)(=O)Nc2cc(C)ccc2C)c1. The average Bonchev–Trinajstić information content (AvgIpc) is 2.81. The Balaban J connectivity index is 1.86. The third kappa shape index (κ3) is 6.61.